The van der Waals surface area contributed by atoms with E-state index in [4.69, 9.17) is 32.7 Å². The minimum Gasteiger partial charge on any atom is -0.491 e. The summed E-state index contributed by atoms with van der Waals surface area (Å²) < 4.78 is 11.3. The Bertz CT molecular complexity index is 924. The molecule has 0 heterocycles. The summed E-state index contributed by atoms with van der Waals surface area (Å²) in [5, 5.41) is 28.0. The molecule has 0 aliphatic rings. The predicted octanol–water partition coefficient (Wildman–Crippen LogP) is 4.05. The zero-order chi connectivity index (χ0) is 24.2. The van der Waals surface area contributed by atoms with Crippen LogP contribution in [0.5, 0.6) is 11.5 Å². The minimum atomic E-state index is -0.648. The van der Waals surface area contributed by atoms with Gasteiger partial charge in [-0.05, 0) is 59.7 Å². The van der Waals surface area contributed by atoms with E-state index >= 15 is 0 Å². The van der Waals surface area contributed by atoms with Crippen LogP contribution in [-0.4, -0.2) is 48.7 Å². The molecule has 0 amide bonds. The van der Waals surface area contributed by atoms with E-state index in [9.17, 15) is 10.2 Å². The monoisotopic (exact) mass is 504 g/mol. The van der Waals surface area contributed by atoms with Crippen molar-refractivity contribution in [2.45, 2.75) is 25.3 Å². The van der Waals surface area contributed by atoms with Gasteiger partial charge in [0.15, 0.2) is 0 Å². The minimum absolute atomic E-state index is 0.166. The van der Waals surface area contributed by atoms with Crippen LogP contribution in [0.2, 0.25) is 10.0 Å². The van der Waals surface area contributed by atoms with Crippen LogP contribution in [0.15, 0.2) is 72.8 Å². The van der Waals surface area contributed by atoms with Gasteiger partial charge in [0.2, 0.25) is 0 Å². The Morgan fingerprint density at radius 2 is 1.06 bits per heavy atom. The van der Waals surface area contributed by atoms with Gasteiger partial charge in [-0.3, -0.25) is 0 Å². The number of aliphatic hydroxyl groups excluding tert-OH is 2. The molecule has 3 aromatic carbocycles. The molecule has 3 aromatic rings. The molecule has 6 nitrogen and oxygen atoms in total. The average Bonchev–Trinajstić information content (AvgIpc) is 2.82. The summed E-state index contributed by atoms with van der Waals surface area (Å²) in [5.41, 5.74) is 2.11. The number of benzene rings is 3. The highest BCUT2D eigenvalue weighted by Crippen LogP contribution is 2.18. The van der Waals surface area contributed by atoms with Crippen molar-refractivity contribution in [1.29, 1.82) is 0 Å². The van der Waals surface area contributed by atoms with Crippen LogP contribution in [0, 0.1) is 0 Å². The van der Waals surface area contributed by atoms with Gasteiger partial charge in [-0.25, -0.2) is 0 Å². The van der Waals surface area contributed by atoms with Crippen molar-refractivity contribution in [3.05, 3.63) is 94.0 Å². The van der Waals surface area contributed by atoms with E-state index in [-0.39, 0.29) is 13.2 Å². The summed E-state index contributed by atoms with van der Waals surface area (Å²) >= 11 is 11.9. The fourth-order valence-electron chi connectivity index (χ4n) is 3.19. The number of ether oxygens (including phenoxy) is 2. The molecule has 2 unspecified atom stereocenters. The van der Waals surface area contributed by atoms with Crippen molar-refractivity contribution in [3.63, 3.8) is 0 Å². The van der Waals surface area contributed by atoms with E-state index in [1.54, 1.807) is 24.3 Å². The van der Waals surface area contributed by atoms with Crippen molar-refractivity contribution >= 4 is 23.2 Å². The van der Waals surface area contributed by atoms with Crippen molar-refractivity contribution in [1.82, 2.24) is 10.6 Å². The maximum atomic E-state index is 10.1. The molecule has 0 aliphatic heterocycles. The molecular formula is C26H30Cl2N2O4. The maximum Gasteiger partial charge on any atom is 0.119 e. The van der Waals surface area contributed by atoms with Crippen LogP contribution in [0.1, 0.15) is 11.1 Å². The van der Waals surface area contributed by atoms with Gasteiger partial charge in [-0.15, -0.1) is 0 Å². The molecule has 3 rings (SSSR count). The third-order valence-corrected chi connectivity index (χ3v) is 5.37. The fraction of sp³-hybridized carbons (Fsp3) is 0.308. The molecule has 0 aromatic heterocycles. The van der Waals surface area contributed by atoms with E-state index in [1.807, 2.05) is 48.5 Å². The number of halogens is 2. The Hall–Kier alpha value is -2.32. The van der Waals surface area contributed by atoms with Crippen molar-refractivity contribution < 1.29 is 19.7 Å². The average molecular weight is 505 g/mol. The Morgan fingerprint density at radius 1 is 0.647 bits per heavy atom. The van der Waals surface area contributed by atoms with E-state index < -0.39 is 12.2 Å². The van der Waals surface area contributed by atoms with E-state index in [1.165, 1.54) is 0 Å². The summed E-state index contributed by atoms with van der Waals surface area (Å²) in [6.45, 7) is 2.37. The molecule has 8 heteroatoms. The largest absolute Gasteiger partial charge is 0.491 e. The third kappa shape index (κ3) is 9.89. The van der Waals surface area contributed by atoms with Gasteiger partial charge in [0.05, 0.1) is 0 Å². The lowest BCUT2D eigenvalue weighted by Crippen LogP contribution is -2.31. The summed E-state index contributed by atoms with van der Waals surface area (Å²) in [6.07, 6.45) is -1.30. The Labute approximate surface area is 210 Å². The Balaban J connectivity index is 1.28. The molecule has 182 valence electrons. The zero-order valence-electron chi connectivity index (χ0n) is 18.8. The lowest BCUT2D eigenvalue weighted by molar-refractivity contribution is 0.104. The highest BCUT2D eigenvalue weighted by atomic mass is 35.5. The smallest absolute Gasteiger partial charge is 0.119 e. The molecule has 0 fully saturated rings. The quantitative estimate of drug-likeness (QED) is 0.265. The first kappa shape index (κ1) is 26.3. The highest BCUT2D eigenvalue weighted by Gasteiger charge is 2.08. The molecule has 0 aliphatic carbocycles. The van der Waals surface area contributed by atoms with Gasteiger partial charge in [-0.2, -0.15) is 0 Å². The van der Waals surface area contributed by atoms with Crippen LogP contribution >= 0.6 is 23.2 Å². The maximum absolute atomic E-state index is 10.1. The Morgan fingerprint density at radius 3 is 1.44 bits per heavy atom. The van der Waals surface area contributed by atoms with Crippen LogP contribution in [0.25, 0.3) is 0 Å². The molecule has 2 atom stereocenters. The molecule has 0 saturated carbocycles. The van der Waals surface area contributed by atoms with Gasteiger partial charge in [-0.1, -0.05) is 47.5 Å². The van der Waals surface area contributed by atoms with Crippen LogP contribution in [0.3, 0.4) is 0 Å². The molecule has 0 bridgehead atoms. The van der Waals surface area contributed by atoms with E-state index in [2.05, 4.69) is 10.6 Å². The number of hydrogen-bond acceptors (Lipinski definition) is 6. The second-order valence-corrected chi connectivity index (χ2v) is 8.80. The summed E-state index contributed by atoms with van der Waals surface area (Å²) in [7, 11) is 0. The van der Waals surface area contributed by atoms with Crippen molar-refractivity contribution in [2.24, 2.45) is 0 Å². The number of rotatable bonds is 14. The van der Waals surface area contributed by atoms with Gasteiger partial charge in [0.1, 0.15) is 36.9 Å². The second-order valence-electron chi connectivity index (χ2n) is 7.92. The first-order chi connectivity index (χ1) is 16.5. The van der Waals surface area contributed by atoms with E-state index in [0.29, 0.717) is 47.7 Å². The number of hydrogen-bond donors (Lipinski definition) is 4. The van der Waals surface area contributed by atoms with Gasteiger partial charge in [0.25, 0.3) is 0 Å². The van der Waals surface area contributed by atoms with Crippen molar-refractivity contribution in [2.75, 3.05) is 26.3 Å². The molecule has 0 saturated heterocycles. The van der Waals surface area contributed by atoms with Crippen LogP contribution in [-0.2, 0) is 13.1 Å². The van der Waals surface area contributed by atoms with E-state index in [0.717, 1.165) is 11.1 Å². The first-order valence-electron chi connectivity index (χ1n) is 11.1. The molecule has 0 radical (unpaired) electrons. The SMILES string of the molecule is OC(CNCc1cccc(Cl)c1)COc1ccc(OCC(O)CNCc2cccc(Cl)c2)cc1. The standard InChI is InChI=1S/C26H30Cl2N2O4/c27-21-5-1-3-19(11-21)13-29-15-23(31)17-33-25-7-9-26(10-8-25)34-18-24(32)16-30-14-20-4-2-6-22(28)12-20/h1-12,23-24,29-32H,13-18H2. The highest BCUT2D eigenvalue weighted by molar-refractivity contribution is 6.30. The number of aliphatic hydroxyl groups is 2. The Kier molecular flexibility index (Phi) is 11.0. The molecular weight excluding hydrogens is 475 g/mol. The summed E-state index contributed by atoms with van der Waals surface area (Å²) in [4.78, 5) is 0. The molecule has 4 N–H and O–H groups in total. The van der Waals surface area contributed by atoms with Gasteiger partial charge >= 0.3 is 0 Å². The first-order valence-corrected chi connectivity index (χ1v) is 11.9. The van der Waals surface area contributed by atoms with Gasteiger partial charge in [0, 0.05) is 36.2 Å². The molecule has 0 spiro atoms. The lowest BCUT2D eigenvalue weighted by Gasteiger charge is -2.15. The normalized spacial score (nSPS) is 12.8. The van der Waals surface area contributed by atoms with Crippen LogP contribution < -0.4 is 20.1 Å². The third-order valence-electron chi connectivity index (χ3n) is 4.90. The fourth-order valence-corrected chi connectivity index (χ4v) is 3.62. The lowest BCUT2D eigenvalue weighted by atomic mass is 10.2. The zero-order valence-corrected chi connectivity index (χ0v) is 20.3. The predicted molar refractivity (Wildman–Crippen MR) is 136 cm³/mol. The van der Waals surface area contributed by atoms with Gasteiger partial charge < -0.3 is 30.3 Å². The summed E-state index contributed by atoms with van der Waals surface area (Å²) in [5.74, 6) is 1.26. The van der Waals surface area contributed by atoms with Crippen LogP contribution in [0.4, 0.5) is 0 Å². The second kappa shape index (κ2) is 14.2. The summed E-state index contributed by atoms with van der Waals surface area (Å²) in [6, 6.07) is 22.2. The molecule has 34 heavy (non-hydrogen) atoms. The number of nitrogens with one attached hydrogen (secondary N) is 2. The van der Waals surface area contributed by atoms with Crippen molar-refractivity contribution in [3.8, 4) is 11.5 Å². The topological polar surface area (TPSA) is 83.0 Å².